The molecule has 9 aromatic carbocycles. The maximum atomic E-state index is 6.95. The van der Waals surface area contributed by atoms with E-state index < -0.39 is 0 Å². The fourth-order valence-electron chi connectivity index (χ4n) is 8.83. The normalized spacial score (nSPS) is 11.9. The van der Waals surface area contributed by atoms with Crippen molar-refractivity contribution in [2.24, 2.45) is 0 Å². The fraction of sp³-hybridized carbons (Fsp3) is 0. The number of furan rings is 1. The summed E-state index contributed by atoms with van der Waals surface area (Å²) in [5.41, 5.74) is 10.2. The molecule has 0 aliphatic heterocycles. The molecule has 0 saturated heterocycles. The van der Waals surface area contributed by atoms with E-state index in [1.807, 2.05) is 11.3 Å². The van der Waals surface area contributed by atoms with Crippen molar-refractivity contribution in [1.82, 2.24) is 4.98 Å². The topological polar surface area (TPSA) is 26.0 Å². The predicted octanol–water partition coefficient (Wildman–Crippen LogP) is 15.5. The van der Waals surface area contributed by atoms with E-state index in [4.69, 9.17) is 9.40 Å². The van der Waals surface area contributed by atoms with Gasteiger partial charge >= 0.3 is 0 Å². The molecule has 260 valence electrons. The van der Waals surface area contributed by atoms with Gasteiger partial charge in [0.05, 0.1) is 11.4 Å². The van der Waals surface area contributed by atoms with Crippen molar-refractivity contribution in [1.29, 1.82) is 0 Å². The Morgan fingerprint density at radius 1 is 0.339 bits per heavy atom. The number of thiophene rings is 1. The van der Waals surface area contributed by atoms with E-state index in [0.717, 1.165) is 55.6 Å². The van der Waals surface area contributed by atoms with Crippen LogP contribution in [0.3, 0.4) is 0 Å². The van der Waals surface area contributed by atoms with Gasteiger partial charge in [0.2, 0.25) is 0 Å². The van der Waals surface area contributed by atoms with E-state index in [1.165, 1.54) is 63.6 Å². The zero-order chi connectivity index (χ0) is 36.7. The van der Waals surface area contributed by atoms with Crippen LogP contribution in [0.25, 0.3) is 119 Å². The van der Waals surface area contributed by atoms with Gasteiger partial charge in [-0.05, 0) is 97.0 Å². The van der Waals surface area contributed by atoms with Gasteiger partial charge in [0.15, 0.2) is 0 Å². The average Bonchev–Trinajstić information content (AvgIpc) is 3.84. The Hall–Kier alpha value is -7.07. The number of hydrogen-bond donors (Lipinski definition) is 0. The second kappa shape index (κ2) is 12.2. The lowest BCUT2D eigenvalue weighted by Crippen LogP contribution is -1.92. The second-order valence-corrected chi connectivity index (χ2v) is 15.7. The molecular weight excluding hydrogens is 699 g/mol. The van der Waals surface area contributed by atoms with Crippen LogP contribution in [0.4, 0.5) is 0 Å². The summed E-state index contributed by atoms with van der Waals surface area (Å²) in [5, 5.41) is 12.2. The minimum atomic E-state index is 0.847. The highest BCUT2D eigenvalue weighted by Gasteiger charge is 2.19. The van der Waals surface area contributed by atoms with E-state index in [1.54, 1.807) is 0 Å². The zero-order valence-electron chi connectivity index (χ0n) is 30.2. The minimum absolute atomic E-state index is 0.847. The summed E-state index contributed by atoms with van der Waals surface area (Å²) in [7, 11) is 0. The van der Waals surface area contributed by atoms with Crippen molar-refractivity contribution in [2.75, 3.05) is 0 Å². The molecule has 12 rings (SSSR count). The standard InChI is InChI=1S/C53H31NOS/c1-2-13-32(14-3-1)33-15-10-16-34(27-33)48-28-35(36-22-11-24-43-41-21-8-9-26-51(41)56-53(36)43)29-49(54-48)44-25-12-23-42-47-30-45-39-19-6-4-17-37(39)38-18-5-7-20-40(38)46(45)31-50(47)55-52(42)44/h1-31H. The lowest BCUT2D eigenvalue weighted by molar-refractivity contribution is 0.670. The third kappa shape index (κ3) is 4.78. The van der Waals surface area contributed by atoms with Crippen LogP contribution in [0.15, 0.2) is 192 Å². The molecule has 3 heterocycles. The van der Waals surface area contributed by atoms with Crippen LogP contribution < -0.4 is 0 Å². The molecule has 0 N–H and O–H groups in total. The summed E-state index contributed by atoms with van der Waals surface area (Å²) in [6, 6.07) is 67.7. The lowest BCUT2D eigenvalue weighted by Gasteiger charge is -2.12. The van der Waals surface area contributed by atoms with Gasteiger partial charge in [-0.25, -0.2) is 4.98 Å². The third-order valence-corrected chi connectivity index (χ3v) is 12.7. The smallest absolute Gasteiger partial charge is 0.144 e. The van der Waals surface area contributed by atoms with Crippen molar-refractivity contribution in [3.8, 4) is 44.8 Å². The quantitative estimate of drug-likeness (QED) is 0.169. The molecule has 3 aromatic heterocycles. The number of pyridine rings is 1. The number of hydrogen-bond acceptors (Lipinski definition) is 3. The zero-order valence-corrected chi connectivity index (χ0v) is 31.0. The van der Waals surface area contributed by atoms with Crippen LogP contribution in [0.2, 0.25) is 0 Å². The molecule has 0 atom stereocenters. The van der Waals surface area contributed by atoms with Gasteiger partial charge in [-0.2, -0.15) is 0 Å². The summed E-state index contributed by atoms with van der Waals surface area (Å²) in [5.74, 6) is 0. The summed E-state index contributed by atoms with van der Waals surface area (Å²) in [6.45, 7) is 0. The first kappa shape index (κ1) is 31.3. The van der Waals surface area contributed by atoms with Gasteiger partial charge in [-0.1, -0.05) is 146 Å². The van der Waals surface area contributed by atoms with Crippen LogP contribution in [0, 0.1) is 0 Å². The van der Waals surface area contributed by atoms with Crippen LogP contribution in [-0.2, 0) is 0 Å². The highest BCUT2D eigenvalue weighted by molar-refractivity contribution is 7.26. The number of para-hydroxylation sites is 1. The molecule has 56 heavy (non-hydrogen) atoms. The van der Waals surface area contributed by atoms with Gasteiger partial charge in [-0.3, -0.25) is 0 Å². The largest absolute Gasteiger partial charge is 0.455 e. The molecule has 0 bridgehead atoms. The second-order valence-electron chi connectivity index (χ2n) is 14.6. The van der Waals surface area contributed by atoms with Gasteiger partial charge in [0, 0.05) is 42.1 Å². The molecule has 0 aliphatic rings. The minimum Gasteiger partial charge on any atom is -0.455 e. The lowest BCUT2D eigenvalue weighted by atomic mass is 9.93. The van der Waals surface area contributed by atoms with Gasteiger partial charge < -0.3 is 4.42 Å². The maximum absolute atomic E-state index is 6.95. The molecule has 0 unspecified atom stereocenters. The monoisotopic (exact) mass is 729 g/mol. The summed E-state index contributed by atoms with van der Waals surface area (Å²) in [4.78, 5) is 5.46. The number of rotatable bonds is 4. The number of fused-ring (bicyclic) bond motifs is 12. The fourth-order valence-corrected chi connectivity index (χ4v) is 10.1. The van der Waals surface area contributed by atoms with E-state index in [2.05, 4.69) is 188 Å². The van der Waals surface area contributed by atoms with Crippen molar-refractivity contribution in [3.05, 3.63) is 188 Å². The summed E-state index contributed by atoms with van der Waals surface area (Å²) >= 11 is 1.86. The Bertz CT molecular complexity index is 3540. The molecule has 0 saturated carbocycles. The van der Waals surface area contributed by atoms with Gasteiger partial charge in [-0.15, -0.1) is 11.3 Å². The average molecular weight is 730 g/mol. The van der Waals surface area contributed by atoms with Crippen LogP contribution in [0.1, 0.15) is 0 Å². The molecular formula is C53H31NOS. The van der Waals surface area contributed by atoms with Crippen LogP contribution in [-0.4, -0.2) is 4.98 Å². The van der Waals surface area contributed by atoms with Crippen LogP contribution in [0.5, 0.6) is 0 Å². The van der Waals surface area contributed by atoms with E-state index in [-0.39, 0.29) is 0 Å². The first-order valence-electron chi connectivity index (χ1n) is 19.0. The number of aromatic nitrogens is 1. The molecule has 12 aromatic rings. The predicted molar refractivity (Wildman–Crippen MR) is 239 cm³/mol. The Balaban J connectivity index is 1.12. The molecule has 0 amide bonds. The Morgan fingerprint density at radius 3 is 1.70 bits per heavy atom. The molecule has 3 heteroatoms. The van der Waals surface area contributed by atoms with E-state index in [0.29, 0.717) is 0 Å². The Morgan fingerprint density at radius 2 is 0.911 bits per heavy atom. The van der Waals surface area contributed by atoms with E-state index >= 15 is 0 Å². The highest BCUT2D eigenvalue weighted by Crippen LogP contribution is 2.44. The SMILES string of the molecule is c1ccc(-c2cccc(-c3cc(-c4cccc5c4sc4ccccc45)cc(-c4cccc5c4oc4cc6c7ccccc7c7ccccc7c6cc45)n3)c2)cc1. The van der Waals surface area contributed by atoms with Crippen molar-refractivity contribution < 1.29 is 4.42 Å². The van der Waals surface area contributed by atoms with E-state index in [9.17, 15) is 0 Å². The summed E-state index contributed by atoms with van der Waals surface area (Å²) in [6.07, 6.45) is 0. The van der Waals surface area contributed by atoms with Crippen LogP contribution >= 0.6 is 11.3 Å². The Labute approximate surface area is 326 Å². The maximum Gasteiger partial charge on any atom is 0.144 e. The first-order chi connectivity index (χ1) is 27.7. The molecule has 0 aliphatic carbocycles. The Kier molecular flexibility index (Phi) is 6.83. The van der Waals surface area contributed by atoms with Gasteiger partial charge in [0.25, 0.3) is 0 Å². The number of benzene rings is 9. The molecule has 2 nitrogen and oxygen atoms in total. The van der Waals surface area contributed by atoms with Gasteiger partial charge in [0.1, 0.15) is 11.2 Å². The molecule has 0 spiro atoms. The first-order valence-corrected chi connectivity index (χ1v) is 19.8. The molecule has 0 fully saturated rings. The highest BCUT2D eigenvalue weighted by atomic mass is 32.1. The number of nitrogens with zero attached hydrogens (tertiary/aromatic N) is 1. The third-order valence-electron chi connectivity index (χ3n) is 11.4. The van der Waals surface area contributed by atoms with Crippen molar-refractivity contribution in [2.45, 2.75) is 0 Å². The summed E-state index contributed by atoms with van der Waals surface area (Å²) < 4.78 is 9.52. The molecule has 0 radical (unpaired) electrons. The van der Waals surface area contributed by atoms with Crippen molar-refractivity contribution in [3.63, 3.8) is 0 Å². The van der Waals surface area contributed by atoms with Crippen molar-refractivity contribution >= 4 is 85.8 Å².